The van der Waals surface area contributed by atoms with E-state index in [-0.39, 0.29) is 24.4 Å². The minimum atomic E-state index is -0.125. The third-order valence-corrected chi connectivity index (χ3v) is 4.63. The smallest absolute Gasteiger partial charge is 0.220 e. The Morgan fingerprint density at radius 3 is 2.68 bits per heavy atom. The molecule has 2 aliphatic rings. The quantitative estimate of drug-likeness (QED) is 0.735. The summed E-state index contributed by atoms with van der Waals surface area (Å²) in [5, 5.41) is 20.7. The number of halogens is 1. The second-order valence-corrected chi connectivity index (χ2v) is 6.36. The van der Waals surface area contributed by atoms with E-state index < -0.39 is 0 Å². The van der Waals surface area contributed by atoms with Crippen molar-refractivity contribution in [2.45, 2.75) is 70.0 Å². The van der Waals surface area contributed by atoms with Crippen LogP contribution in [-0.2, 0) is 4.79 Å². The first-order chi connectivity index (χ1) is 10.2. The van der Waals surface area contributed by atoms with Crippen LogP contribution in [-0.4, -0.2) is 38.6 Å². The fraction of sp³-hybridized carbons (Fsp3) is 0.857. The Bertz CT molecular complexity index is 456. The van der Waals surface area contributed by atoms with Gasteiger partial charge in [-0.3, -0.25) is 4.79 Å². The van der Waals surface area contributed by atoms with E-state index in [0.717, 1.165) is 25.7 Å². The summed E-state index contributed by atoms with van der Waals surface area (Å²) < 4.78 is 0. The molecule has 1 aromatic rings. The lowest BCUT2D eigenvalue weighted by atomic mass is 9.89. The second kappa shape index (κ2) is 7.87. The van der Waals surface area contributed by atoms with E-state index in [9.17, 15) is 4.79 Å². The van der Waals surface area contributed by atoms with Crippen LogP contribution in [0.25, 0.3) is 0 Å². The Kier molecular flexibility index (Phi) is 6.14. The lowest BCUT2D eigenvalue weighted by Crippen LogP contribution is -2.40. The van der Waals surface area contributed by atoms with Gasteiger partial charge in [0, 0.05) is 18.5 Å². The molecular weight excluding hydrogens is 304 g/mol. The molecule has 3 N–H and O–H groups in total. The van der Waals surface area contributed by atoms with Crippen molar-refractivity contribution < 1.29 is 4.79 Å². The molecule has 8 heteroatoms. The summed E-state index contributed by atoms with van der Waals surface area (Å²) in [4.78, 5) is 12.3. The lowest BCUT2D eigenvalue weighted by molar-refractivity contribution is -0.123. The van der Waals surface area contributed by atoms with E-state index in [0.29, 0.717) is 30.2 Å². The summed E-state index contributed by atoms with van der Waals surface area (Å²) in [6.07, 6.45) is 7.22. The van der Waals surface area contributed by atoms with Crippen LogP contribution < -0.4 is 10.6 Å². The SMILES string of the molecule is CCCC(NC(=O)CC1CC2CCC(C1)N2)c1nn[nH]n1.Cl. The van der Waals surface area contributed by atoms with Crippen LogP contribution in [0.5, 0.6) is 0 Å². The third-order valence-electron chi connectivity index (χ3n) is 4.63. The zero-order valence-corrected chi connectivity index (χ0v) is 13.7. The van der Waals surface area contributed by atoms with Crippen molar-refractivity contribution in [2.24, 2.45) is 5.92 Å². The zero-order chi connectivity index (χ0) is 14.7. The molecule has 2 aliphatic heterocycles. The van der Waals surface area contributed by atoms with Gasteiger partial charge in [-0.1, -0.05) is 18.6 Å². The molecule has 2 bridgehead atoms. The third kappa shape index (κ3) is 4.16. The number of amides is 1. The molecule has 0 saturated carbocycles. The van der Waals surface area contributed by atoms with E-state index >= 15 is 0 Å². The monoisotopic (exact) mass is 328 g/mol. The fourth-order valence-corrected chi connectivity index (χ4v) is 3.73. The summed E-state index contributed by atoms with van der Waals surface area (Å²) in [5.41, 5.74) is 0. The van der Waals surface area contributed by atoms with Gasteiger partial charge in [0.05, 0.1) is 6.04 Å². The molecule has 3 unspecified atom stereocenters. The normalized spacial score (nSPS) is 28.0. The van der Waals surface area contributed by atoms with Crippen LogP contribution in [0.15, 0.2) is 0 Å². The first-order valence-electron chi connectivity index (χ1n) is 8.03. The predicted molar refractivity (Wildman–Crippen MR) is 84.5 cm³/mol. The molecule has 1 aromatic heterocycles. The minimum Gasteiger partial charge on any atom is -0.346 e. The average molecular weight is 329 g/mol. The molecule has 1 amide bonds. The fourth-order valence-electron chi connectivity index (χ4n) is 3.73. The number of aromatic nitrogens is 4. The molecule has 3 rings (SSSR count). The van der Waals surface area contributed by atoms with Crippen molar-refractivity contribution in [2.75, 3.05) is 0 Å². The number of rotatable bonds is 6. The molecule has 0 radical (unpaired) electrons. The summed E-state index contributed by atoms with van der Waals surface area (Å²) >= 11 is 0. The molecule has 0 spiro atoms. The van der Waals surface area contributed by atoms with Gasteiger partial charge in [-0.25, -0.2) is 0 Å². The first kappa shape index (κ1) is 17.1. The number of hydrogen-bond acceptors (Lipinski definition) is 5. The highest BCUT2D eigenvalue weighted by Gasteiger charge is 2.34. The van der Waals surface area contributed by atoms with Gasteiger partial charge in [-0.2, -0.15) is 5.21 Å². The number of carbonyl (C=O) groups excluding carboxylic acids is 1. The van der Waals surface area contributed by atoms with Crippen LogP contribution in [0.4, 0.5) is 0 Å². The van der Waals surface area contributed by atoms with Gasteiger partial charge in [0.25, 0.3) is 0 Å². The summed E-state index contributed by atoms with van der Waals surface area (Å²) in [5.74, 6) is 1.21. The molecule has 2 fully saturated rings. The van der Waals surface area contributed by atoms with Crippen molar-refractivity contribution in [3.05, 3.63) is 5.82 Å². The number of tetrazole rings is 1. The minimum absolute atomic E-state index is 0. The van der Waals surface area contributed by atoms with Crippen molar-refractivity contribution in [1.82, 2.24) is 31.3 Å². The highest BCUT2D eigenvalue weighted by atomic mass is 35.5. The van der Waals surface area contributed by atoms with Gasteiger partial charge in [0.15, 0.2) is 5.82 Å². The van der Waals surface area contributed by atoms with Crippen LogP contribution in [0.1, 0.15) is 63.7 Å². The van der Waals surface area contributed by atoms with Gasteiger partial charge in [0.2, 0.25) is 5.91 Å². The highest BCUT2D eigenvalue weighted by molar-refractivity contribution is 5.85. The summed E-state index contributed by atoms with van der Waals surface area (Å²) in [6.45, 7) is 2.09. The number of nitrogens with zero attached hydrogens (tertiary/aromatic N) is 3. The zero-order valence-electron chi connectivity index (χ0n) is 12.9. The van der Waals surface area contributed by atoms with Crippen LogP contribution in [0, 0.1) is 5.92 Å². The van der Waals surface area contributed by atoms with Crippen LogP contribution >= 0.6 is 12.4 Å². The summed E-state index contributed by atoms with van der Waals surface area (Å²) in [6, 6.07) is 1.13. The largest absolute Gasteiger partial charge is 0.346 e. The van der Waals surface area contributed by atoms with E-state index in [2.05, 4.69) is 38.2 Å². The number of H-pyrrole nitrogens is 1. The van der Waals surface area contributed by atoms with E-state index in [1.165, 1.54) is 12.8 Å². The molecule has 0 aromatic carbocycles. The van der Waals surface area contributed by atoms with E-state index in [1.54, 1.807) is 0 Å². The van der Waals surface area contributed by atoms with Crippen molar-refractivity contribution in [3.8, 4) is 0 Å². The highest BCUT2D eigenvalue weighted by Crippen LogP contribution is 2.32. The molecule has 0 aliphatic carbocycles. The van der Waals surface area contributed by atoms with Gasteiger partial charge in [-0.05, 0) is 38.0 Å². The topological polar surface area (TPSA) is 95.6 Å². The van der Waals surface area contributed by atoms with Crippen LogP contribution in [0.3, 0.4) is 0 Å². The summed E-state index contributed by atoms with van der Waals surface area (Å²) in [7, 11) is 0. The van der Waals surface area contributed by atoms with Crippen molar-refractivity contribution in [3.63, 3.8) is 0 Å². The van der Waals surface area contributed by atoms with Crippen molar-refractivity contribution >= 4 is 18.3 Å². The maximum absolute atomic E-state index is 12.3. The Morgan fingerprint density at radius 2 is 2.09 bits per heavy atom. The molecule has 3 atom stereocenters. The number of piperidine rings is 1. The molecule has 2 saturated heterocycles. The standard InChI is InChI=1S/C14H24N6O.ClH/c1-2-3-12(14-17-19-20-18-14)16-13(21)8-9-6-10-4-5-11(7-9)15-10;/h9-12,15H,2-8H2,1H3,(H,16,21)(H,17,18,19,20);1H. The first-order valence-corrected chi connectivity index (χ1v) is 8.03. The molecule has 22 heavy (non-hydrogen) atoms. The Labute approximate surface area is 136 Å². The Morgan fingerprint density at radius 1 is 1.36 bits per heavy atom. The second-order valence-electron chi connectivity index (χ2n) is 6.36. The maximum atomic E-state index is 12.3. The van der Waals surface area contributed by atoms with E-state index in [4.69, 9.17) is 0 Å². The van der Waals surface area contributed by atoms with Gasteiger partial charge in [-0.15, -0.1) is 22.6 Å². The molecule has 124 valence electrons. The Hall–Kier alpha value is -1.21. The molecular formula is C14H25ClN6O. The Balaban J connectivity index is 0.00000176. The maximum Gasteiger partial charge on any atom is 0.220 e. The van der Waals surface area contributed by atoms with Crippen LogP contribution in [0.2, 0.25) is 0 Å². The van der Waals surface area contributed by atoms with Gasteiger partial charge in [0.1, 0.15) is 0 Å². The number of fused-ring (bicyclic) bond motifs is 2. The van der Waals surface area contributed by atoms with Gasteiger partial charge < -0.3 is 10.6 Å². The number of hydrogen-bond donors (Lipinski definition) is 3. The van der Waals surface area contributed by atoms with Crippen molar-refractivity contribution in [1.29, 1.82) is 0 Å². The number of nitrogens with one attached hydrogen (secondary N) is 3. The average Bonchev–Trinajstić information content (AvgIpc) is 3.08. The molecule has 7 nitrogen and oxygen atoms in total. The number of aromatic amines is 1. The number of carbonyl (C=O) groups is 1. The lowest BCUT2D eigenvalue weighted by Gasteiger charge is -2.29. The van der Waals surface area contributed by atoms with Gasteiger partial charge >= 0.3 is 0 Å². The van der Waals surface area contributed by atoms with E-state index in [1.807, 2.05) is 0 Å². The molecule has 3 heterocycles. The predicted octanol–water partition coefficient (Wildman–Crippen LogP) is 1.50.